The normalized spacial score (nSPS) is 12.5. The van der Waals surface area contributed by atoms with E-state index < -0.39 is 10.0 Å². The molecule has 0 atom stereocenters. The van der Waals surface area contributed by atoms with Crippen molar-refractivity contribution < 1.29 is 8.42 Å². The molecule has 1 aromatic heterocycles. The van der Waals surface area contributed by atoms with Gasteiger partial charge in [-0.2, -0.15) is 0 Å². The fraction of sp³-hybridized carbons (Fsp3) is 0.667. The summed E-state index contributed by atoms with van der Waals surface area (Å²) in [5, 5.41) is 5.19. The lowest BCUT2D eigenvalue weighted by molar-refractivity contribution is 0.464. The van der Waals surface area contributed by atoms with Gasteiger partial charge < -0.3 is 5.32 Å². The van der Waals surface area contributed by atoms with Crippen LogP contribution in [0.1, 0.15) is 25.8 Å². The second-order valence-corrected chi connectivity index (χ2v) is 9.28. The summed E-state index contributed by atoms with van der Waals surface area (Å²) in [7, 11) is -1.53. The summed E-state index contributed by atoms with van der Waals surface area (Å²) in [6.07, 6.45) is 0.637. The number of thiophene rings is 1. The molecule has 0 saturated carbocycles. The summed E-state index contributed by atoms with van der Waals surface area (Å²) in [5.74, 6) is 0.189. The molecule has 7 heteroatoms. The second-order valence-electron chi connectivity index (χ2n) is 4.79. The van der Waals surface area contributed by atoms with E-state index in [1.54, 1.807) is 18.4 Å². The SMILES string of the molecule is CC(C)NCCCS(=O)(=O)N(C)Cc1csc(Br)c1. The molecule has 0 aromatic carbocycles. The van der Waals surface area contributed by atoms with Crippen LogP contribution in [-0.2, 0) is 16.6 Å². The maximum absolute atomic E-state index is 12.1. The van der Waals surface area contributed by atoms with Crippen LogP contribution in [0.3, 0.4) is 0 Å². The smallest absolute Gasteiger partial charge is 0.214 e. The maximum atomic E-state index is 12.1. The number of halogens is 1. The van der Waals surface area contributed by atoms with Crippen molar-refractivity contribution in [1.29, 1.82) is 0 Å². The fourth-order valence-corrected chi connectivity index (χ4v) is 3.95. The van der Waals surface area contributed by atoms with Gasteiger partial charge in [-0.1, -0.05) is 13.8 Å². The van der Waals surface area contributed by atoms with Crippen molar-refractivity contribution in [3.8, 4) is 0 Å². The van der Waals surface area contributed by atoms with Crippen molar-refractivity contribution in [1.82, 2.24) is 9.62 Å². The summed E-state index contributed by atoms with van der Waals surface area (Å²) >= 11 is 4.95. The van der Waals surface area contributed by atoms with Gasteiger partial charge in [-0.25, -0.2) is 12.7 Å². The zero-order chi connectivity index (χ0) is 14.5. The zero-order valence-corrected chi connectivity index (χ0v) is 14.7. The topological polar surface area (TPSA) is 49.4 Å². The van der Waals surface area contributed by atoms with E-state index in [4.69, 9.17) is 0 Å². The molecule has 1 heterocycles. The Morgan fingerprint density at radius 1 is 1.47 bits per heavy atom. The number of nitrogens with one attached hydrogen (secondary N) is 1. The molecule has 0 saturated heterocycles. The Morgan fingerprint density at radius 3 is 2.68 bits per heavy atom. The molecule has 1 rings (SSSR count). The van der Waals surface area contributed by atoms with Crippen LogP contribution in [0.5, 0.6) is 0 Å². The molecule has 0 amide bonds. The number of hydrogen-bond acceptors (Lipinski definition) is 4. The van der Waals surface area contributed by atoms with Crippen LogP contribution < -0.4 is 5.32 Å². The third-order valence-electron chi connectivity index (χ3n) is 2.63. The van der Waals surface area contributed by atoms with Crippen molar-refractivity contribution in [3.63, 3.8) is 0 Å². The molecule has 0 spiro atoms. The van der Waals surface area contributed by atoms with E-state index in [9.17, 15) is 8.42 Å². The minimum absolute atomic E-state index is 0.189. The molecule has 0 aliphatic carbocycles. The van der Waals surface area contributed by atoms with Crippen LogP contribution in [0.2, 0.25) is 0 Å². The lowest BCUT2D eigenvalue weighted by Crippen LogP contribution is -2.31. The van der Waals surface area contributed by atoms with Gasteiger partial charge in [0.25, 0.3) is 0 Å². The van der Waals surface area contributed by atoms with E-state index in [2.05, 4.69) is 35.1 Å². The van der Waals surface area contributed by atoms with Crippen molar-refractivity contribution in [3.05, 3.63) is 20.8 Å². The molecule has 1 N–H and O–H groups in total. The van der Waals surface area contributed by atoms with E-state index in [0.717, 1.165) is 15.9 Å². The number of rotatable bonds is 8. The molecule has 4 nitrogen and oxygen atoms in total. The summed E-state index contributed by atoms with van der Waals surface area (Å²) < 4.78 is 26.6. The zero-order valence-electron chi connectivity index (χ0n) is 11.5. The monoisotopic (exact) mass is 368 g/mol. The first-order chi connectivity index (χ1) is 8.81. The minimum Gasteiger partial charge on any atom is -0.314 e. The predicted molar refractivity (Wildman–Crippen MR) is 85.0 cm³/mol. The second kappa shape index (κ2) is 7.73. The van der Waals surface area contributed by atoms with Crippen LogP contribution in [0.15, 0.2) is 15.2 Å². The van der Waals surface area contributed by atoms with Gasteiger partial charge in [0.05, 0.1) is 9.54 Å². The van der Waals surface area contributed by atoms with Crippen molar-refractivity contribution >= 4 is 37.3 Å². The van der Waals surface area contributed by atoms with E-state index in [1.165, 1.54) is 4.31 Å². The van der Waals surface area contributed by atoms with Crippen LogP contribution in [0.25, 0.3) is 0 Å². The first-order valence-electron chi connectivity index (χ1n) is 6.21. The molecule has 0 radical (unpaired) electrons. The molecular formula is C12H21BrN2O2S2. The summed E-state index contributed by atoms with van der Waals surface area (Å²) in [4.78, 5) is 0. The van der Waals surface area contributed by atoms with Crippen LogP contribution in [0, 0.1) is 0 Å². The summed E-state index contributed by atoms with van der Waals surface area (Å²) in [6, 6.07) is 2.35. The van der Waals surface area contributed by atoms with Gasteiger partial charge in [0.2, 0.25) is 10.0 Å². The molecule has 0 unspecified atom stereocenters. The Hall–Kier alpha value is 0.0500. The third kappa shape index (κ3) is 6.35. The van der Waals surface area contributed by atoms with Gasteiger partial charge in [0.15, 0.2) is 0 Å². The Kier molecular flexibility index (Phi) is 6.96. The van der Waals surface area contributed by atoms with Crippen LogP contribution in [0.4, 0.5) is 0 Å². The van der Waals surface area contributed by atoms with Crippen LogP contribution >= 0.6 is 27.3 Å². The highest BCUT2D eigenvalue weighted by Crippen LogP contribution is 2.22. The molecule has 110 valence electrons. The minimum atomic E-state index is -3.16. The highest BCUT2D eigenvalue weighted by molar-refractivity contribution is 9.11. The van der Waals surface area contributed by atoms with Gasteiger partial charge in [-0.05, 0) is 45.9 Å². The first kappa shape index (κ1) is 17.1. The lowest BCUT2D eigenvalue weighted by Gasteiger charge is -2.16. The predicted octanol–water partition coefficient (Wildman–Crippen LogP) is 2.66. The van der Waals surface area contributed by atoms with E-state index in [1.807, 2.05) is 11.4 Å². The molecule has 1 aromatic rings. The Morgan fingerprint density at radius 2 is 2.16 bits per heavy atom. The van der Waals surface area contributed by atoms with E-state index >= 15 is 0 Å². The van der Waals surface area contributed by atoms with E-state index in [0.29, 0.717) is 19.0 Å². The Labute approximate surface area is 128 Å². The third-order valence-corrected chi connectivity index (χ3v) is 6.07. The molecular weight excluding hydrogens is 348 g/mol. The summed E-state index contributed by atoms with van der Waals surface area (Å²) in [6.45, 7) is 5.26. The van der Waals surface area contributed by atoms with Gasteiger partial charge in [0.1, 0.15) is 0 Å². The standard InChI is InChI=1S/C12H21BrN2O2S2/c1-10(2)14-5-4-6-19(16,17)15(3)8-11-7-12(13)18-9-11/h7,9-10,14H,4-6,8H2,1-3H3. The lowest BCUT2D eigenvalue weighted by atomic mass is 10.3. The average Bonchev–Trinajstić information content (AvgIpc) is 2.70. The van der Waals surface area contributed by atoms with Crippen LogP contribution in [-0.4, -0.2) is 38.1 Å². The van der Waals surface area contributed by atoms with Gasteiger partial charge in [0, 0.05) is 19.6 Å². The number of nitrogens with zero attached hydrogens (tertiary/aromatic N) is 1. The molecule has 0 aliphatic rings. The van der Waals surface area contributed by atoms with Gasteiger partial charge in [-0.3, -0.25) is 0 Å². The highest BCUT2D eigenvalue weighted by Gasteiger charge is 2.18. The van der Waals surface area contributed by atoms with Gasteiger partial charge in [-0.15, -0.1) is 11.3 Å². The van der Waals surface area contributed by atoms with Gasteiger partial charge >= 0.3 is 0 Å². The van der Waals surface area contributed by atoms with Crippen molar-refractivity contribution in [2.75, 3.05) is 19.3 Å². The Balaban J connectivity index is 2.43. The highest BCUT2D eigenvalue weighted by atomic mass is 79.9. The molecule has 0 fully saturated rings. The molecule has 19 heavy (non-hydrogen) atoms. The number of hydrogen-bond donors (Lipinski definition) is 1. The largest absolute Gasteiger partial charge is 0.314 e. The molecule has 0 bridgehead atoms. The van der Waals surface area contributed by atoms with Crippen molar-refractivity contribution in [2.24, 2.45) is 0 Å². The quantitative estimate of drug-likeness (QED) is 0.717. The fourth-order valence-electron chi connectivity index (χ4n) is 1.59. The van der Waals surface area contributed by atoms with Crippen molar-refractivity contribution in [2.45, 2.75) is 32.9 Å². The molecule has 0 aliphatic heterocycles. The number of sulfonamides is 1. The summed E-state index contributed by atoms with van der Waals surface area (Å²) in [5.41, 5.74) is 1.02. The maximum Gasteiger partial charge on any atom is 0.214 e. The average molecular weight is 369 g/mol. The Bertz CT molecular complexity index is 486. The first-order valence-corrected chi connectivity index (χ1v) is 9.50. The van der Waals surface area contributed by atoms with E-state index in [-0.39, 0.29) is 5.75 Å².